The molecule has 0 atom stereocenters. The summed E-state index contributed by atoms with van der Waals surface area (Å²) in [5, 5.41) is 10.2. The van der Waals surface area contributed by atoms with Crippen LogP contribution in [0.1, 0.15) is 15.9 Å². The van der Waals surface area contributed by atoms with E-state index in [0.29, 0.717) is 0 Å². The van der Waals surface area contributed by atoms with E-state index in [1.54, 1.807) is 0 Å². The summed E-state index contributed by atoms with van der Waals surface area (Å²) >= 11 is 0. The second kappa shape index (κ2) is 4.27. The Morgan fingerprint density at radius 3 is 1.92 bits per heavy atom. The second-order valence-corrected chi connectivity index (χ2v) is 5.59. The van der Waals surface area contributed by atoms with Crippen molar-refractivity contribution in [2.24, 2.45) is 27.9 Å². The number of anilines is 4. The zero-order valence-corrected chi connectivity index (χ0v) is 12.3. The summed E-state index contributed by atoms with van der Waals surface area (Å²) in [5.74, 6) is -6.47. The van der Waals surface area contributed by atoms with E-state index in [0.717, 1.165) is 0 Å². The van der Waals surface area contributed by atoms with Gasteiger partial charge in [-0.1, -0.05) is 0 Å². The molecule has 1 heterocycles. The van der Waals surface area contributed by atoms with E-state index in [1.807, 2.05) is 0 Å². The van der Waals surface area contributed by atoms with Crippen molar-refractivity contribution >= 4 is 34.2 Å². The van der Waals surface area contributed by atoms with Crippen molar-refractivity contribution < 1.29 is 14.6 Å². The van der Waals surface area contributed by atoms with Gasteiger partial charge in [-0.15, -0.1) is 0 Å². The van der Waals surface area contributed by atoms with Crippen LogP contribution < -0.4 is 45.9 Å². The number of nitrogen functional groups attached to an aromatic ring is 4. The number of carbonyl (C=O) groups excluding carboxylic acids is 1. The van der Waals surface area contributed by atoms with Crippen LogP contribution in [0, 0.1) is 0 Å². The Bertz CT molecular complexity index is 869. The first-order valence-electron chi connectivity index (χ1n) is 6.59. The van der Waals surface area contributed by atoms with Gasteiger partial charge >= 0.3 is 0 Å². The van der Waals surface area contributed by atoms with E-state index in [1.165, 1.54) is 0 Å². The molecule has 1 aliphatic carbocycles. The van der Waals surface area contributed by atoms with Gasteiger partial charge in [-0.2, -0.15) is 0 Å². The molecule has 128 valence electrons. The largest absolute Gasteiger partial charge is 0.501 e. The van der Waals surface area contributed by atoms with Crippen LogP contribution >= 0.6 is 0 Å². The SMILES string of the molecule is Nc1c(N)c(N)c2c(c1N)C(=O)C(O)=C1OC(N)(N)C(N)(N)N=C12. The number of fused-ring (bicyclic) bond motifs is 3. The highest BCUT2D eigenvalue weighted by Gasteiger charge is 2.52. The first-order chi connectivity index (χ1) is 10.9. The van der Waals surface area contributed by atoms with Crippen molar-refractivity contribution in [2.45, 2.75) is 11.6 Å². The van der Waals surface area contributed by atoms with E-state index in [-0.39, 0.29) is 39.6 Å². The highest BCUT2D eigenvalue weighted by molar-refractivity contribution is 6.32. The quantitative estimate of drug-likeness (QED) is 0.169. The maximum absolute atomic E-state index is 12.5. The molecule has 0 spiro atoms. The topological polar surface area (TPSA) is 267 Å². The van der Waals surface area contributed by atoms with Crippen LogP contribution in [0.4, 0.5) is 22.7 Å². The zero-order valence-electron chi connectivity index (χ0n) is 12.3. The Labute approximate surface area is 135 Å². The summed E-state index contributed by atoms with van der Waals surface area (Å²) in [6.45, 7) is 0. The summed E-state index contributed by atoms with van der Waals surface area (Å²) in [5.41, 5.74) is 45.3. The molecule has 1 aliphatic heterocycles. The van der Waals surface area contributed by atoms with Crippen LogP contribution in [0.5, 0.6) is 0 Å². The van der Waals surface area contributed by atoms with Gasteiger partial charge in [-0.3, -0.25) is 27.7 Å². The molecule has 1 aromatic rings. The smallest absolute Gasteiger partial charge is 0.266 e. The van der Waals surface area contributed by atoms with Crippen molar-refractivity contribution in [1.82, 2.24) is 0 Å². The number of aliphatic hydroxyl groups excluding tert-OH is 1. The third-order valence-corrected chi connectivity index (χ3v) is 3.96. The molecule has 12 nitrogen and oxygen atoms in total. The molecule has 0 unspecified atom stereocenters. The summed E-state index contributed by atoms with van der Waals surface area (Å²) < 4.78 is 5.21. The van der Waals surface area contributed by atoms with Gasteiger partial charge in [-0.25, -0.2) is 4.99 Å². The van der Waals surface area contributed by atoms with Gasteiger partial charge in [0.15, 0.2) is 5.76 Å². The average molecular weight is 335 g/mol. The Kier molecular flexibility index (Phi) is 2.81. The monoisotopic (exact) mass is 335 g/mol. The van der Waals surface area contributed by atoms with Gasteiger partial charge < -0.3 is 32.8 Å². The number of ketones is 1. The van der Waals surface area contributed by atoms with Crippen LogP contribution in [-0.4, -0.2) is 28.2 Å². The Balaban J connectivity index is 2.46. The molecule has 0 aromatic heterocycles. The predicted octanol–water partition coefficient (Wildman–Crippen LogP) is -3.06. The molecule has 0 saturated heterocycles. The van der Waals surface area contributed by atoms with Crippen molar-refractivity contribution in [1.29, 1.82) is 0 Å². The number of rotatable bonds is 0. The van der Waals surface area contributed by atoms with Crippen molar-refractivity contribution in [3.8, 4) is 0 Å². The maximum atomic E-state index is 12.5. The number of aliphatic hydroxyl groups is 1. The summed E-state index contributed by atoms with van der Waals surface area (Å²) in [6, 6.07) is 0. The molecule has 24 heavy (non-hydrogen) atoms. The number of nitrogens with zero attached hydrogens (tertiary/aromatic N) is 1. The first-order valence-corrected chi connectivity index (χ1v) is 6.59. The number of aliphatic imine (C=N–C) groups is 1. The summed E-state index contributed by atoms with van der Waals surface area (Å²) in [6.07, 6.45) is 0. The second-order valence-electron chi connectivity index (χ2n) is 5.59. The average Bonchev–Trinajstić information content (AvgIpc) is 2.48. The van der Waals surface area contributed by atoms with Crippen LogP contribution in [0.2, 0.25) is 0 Å². The fraction of sp³-hybridized carbons (Fsp3) is 0.167. The van der Waals surface area contributed by atoms with Crippen molar-refractivity contribution in [2.75, 3.05) is 22.9 Å². The molecular formula is C12H17N9O3. The van der Waals surface area contributed by atoms with Gasteiger partial charge in [0, 0.05) is 5.56 Å². The van der Waals surface area contributed by atoms with Gasteiger partial charge in [0.2, 0.25) is 17.3 Å². The van der Waals surface area contributed by atoms with Gasteiger partial charge in [0.1, 0.15) is 5.71 Å². The number of hydrogen-bond donors (Lipinski definition) is 9. The standard InChI is InChI=1S/C12H17N9O3/c13-3-1-2(4(14)6(16)5(3)15)8(22)9(23)10-7(1)21-11(17,18)12(19,20)24-10/h23H,13-20H2. The minimum absolute atomic E-state index is 0.0206. The number of carbonyl (C=O) groups is 1. The molecule has 12 heteroatoms. The Hall–Kier alpha value is -3.06. The van der Waals surface area contributed by atoms with E-state index in [9.17, 15) is 9.90 Å². The minimum Gasteiger partial charge on any atom is -0.501 e. The number of nitrogens with two attached hydrogens (primary N) is 8. The summed E-state index contributed by atoms with van der Waals surface area (Å²) in [4.78, 5) is 16.4. The predicted molar refractivity (Wildman–Crippen MR) is 87.9 cm³/mol. The van der Waals surface area contributed by atoms with Gasteiger partial charge in [-0.05, 0) is 0 Å². The molecule has 17 N–H and O–H groups in total. The summed E-state index contributed by atoms with van der Waals surface area (Å²) in [7, 11) is 0. The fourth-order valence-electron chi connectivity index (χ4n) is 2.48. The molecule has 0 bridgehead atoms. The van der Waals surface area contributed by atoms with E-state index in [2.05, 4.69) is 4.99 Å². The fourth-order valence-corrected chi connectivity index (χ4v) is 2.48. The number of benzene rings is 1. The molecular weight excluding hydrogens is 318 g/mol. The Morgan fingerprint density at radius 1 is 0.875 bits per heavy atom. The highest BCUT2D eigenvalue weighted by atomic mass is 16.5. The lowest BCUT2D eigenvalue weighted by molar-refractivity contribution is -0.0538. The molecule has 2 aliphatic rings. The van der Waals surface area contributed by atoms with E-state index < -0.39 is 28.9 Å². The molecule has 0 saturated carbocycles. The van der Waals surface area contributed by atoms with E-state index >= 15 is 0 Å². The van der Waals surface area contributed by atoms with Gasteiger partial charge in [0.05, 0.1) is 28.3 Å². The van der Waals surface area contributed by atoms with Crippen LogP contribution in [-0.2, 0) is 4.74 Å². The number of ether oxygens (including phenoxy) is 1. The van der Waals surface area contributed by atoms with Crippen LogP contribution in [0.15, 0.2) is 16.5 Å². The molecule has 0 radical (unpaired) electrons. The molecule has 0 amide bonds. The van der Waals surface area contributed by atoms with Crippen molar-refractivity contribution in [3.05, 3.63) is 22.6 Å². The molecule has 1 aromatic carbocycles. The van der Waals surface area contributed by atoms with Crippen LogP contribution in [0.25, 0.3) is 0 Å². The lowest BCUT2D eigenvalue weighted by Crippen LogP contribution is -2.78. The van der Waals surface area contributed by atoms with Crippen LogP contribution in [0.3, 0.4) is 0 Å². The normalized spacial score (nSPS) is 20.8. The van der Waals surface area contributed by atoms with E-state index in [4.69, 9.17) is 50.6 Å². The third-order valence-electron chi connectivity index (χ3n) is 3.96. The zero-order chi connectivity index (χ0) is 18.2. The number of Topliss-reactive ketones (excluding diaryl/α,β-unsaturated/α-hetero) is 1. The maximum Gasteiger partial charge on any atom is 0.266 e. The first kappa shape index (κ1) is 15.8. The molecule has 3 rings (SSSR count). The number of hydrogen-bond acceptors (Lipinski definition) is 12. The minimum atomic E-state index is -2.20. The highest BCUT2D eigenvalue weighted by Crippen LogP contribution is 2.43. The Morgan fingerprint density at radius 2 is 1.38 bits per heavy atom. The molecule has 0 fully saturated rings. The van der Waals surface area contributed by atoms with Gasteiger partial charge in [0.25, 0.3) is 5.85 Å². The lowest BCUT2D eigenvalue weighted by atomic mass is 9.86. The van der Waals surface area contributed by atoms with Crippen molar-refractivity contribution in [3.63, 3.8) is 0 Å². The third kappa shape index (κ3) is 1.70. The number of allylic oxidation sites excluding steroid dienone is 2. The lowest BCUT2D eigenvalue weighted by Gasteiger charge is -2.42.